The number of rotatable bonds is 1. The van der Waals surface area contributed by atoms with Crippen LogP contribution < -0.4 is 16.4 Å². The molecular weight excluding hydrogens is 150 g/mol. The monoisotopic (exact) mass is 163 g/mol. The van der Waals surface area contributed by atoms with Crippen LogP contribution >= 0.6 is 0 Å². The third kappa shape index (κ3) is 1.29. The number of hydrogen-bond acceptors (Lipinski definition) is 3. The van der Waals surface area contributed by atoms with Gasteiger partial charge in [0.15, 0.2) is 0 Å². The highest BCUT2D eigenvalue weighted by molar-refractivity contribution is 5.53. The highest BCUT2D eigenvalue weighted by Gasteiger charge is 2.13. The second-order valence-electron chi connectivity index (χ2n) is 2.97. The van der Waals surface area contributed by atoms with Crippen LogP contribution in [0.15, 0.2) is 24.3 Å². The molecule has 0 amide bonds. The second-order valence-corrected chi connectivity index (χ2v) is 2.97. The molecule has 0 saturated carbocycles. The largest absolute Gasteiger partial charge is 0.368 e. The highest BCUT2D eigenvalue weighted by atomic mass is 15.2. The second kappa shape index (κ2) is 3.13. The number of hydrogen-bond donors (Lipinski definition) is 3. The van der Waals surface area contributed by atoms with E-state index in [0.717, 1.165) is 6.54 Å². The average Bonchev–Trinajstić information content (AvgIpc) is 2.17. The molecule has 0 saturated heterocycles. The fraction of sp³-hybridized carbons (Fsp3) is 0.333. The molecular formula is C9H13N3. The molecule has 1 atom stereocenters. The van der Waals surface area contributed by atoms with E-state index in [1.807, 2.05) is 12.1 Å². The van der Waals surface area contributed by atoms with Gasteiger partial charge in [-0.05, 0) is 11.6 Å². The third-order valence-electron chi connectivity index (χ3n) is 2.12. The van der Waals surface area contributed by atoms with Crippen molar-refractivity contribution in [3.8, 4) is 0 Å². The number of fused-ring (bicyclic) bond motifs is 1. The summed E-state index contributed by atoms with van der Waals surface area (Å²) in [6.45, 7) is 1.53. The summed E-state index contributed by atoms with van der Waals surface area (Å²) in [5, 5.41) is 6.60. The first kappa shape index (κ1) is 7.58. The van der Waals surface area contributed by atoms with Crippen LogP contribution in [0, 0.1) is 0 Å². The Hall–Kier alpha value is -1.06. The van der Waals surface area contributed by atoms with Crippen molar-refractivity contribution in [3.05, 3.63) is 29.8 Å². The number of anilines is 1. The molecule has 0 aliphatic carbocycles. The maximum absolute atomic E-state index is 5.54. The Bertz CT molecular complexity index is 272. The number of nitrogens with two attached hydrogens (primary N) is 1. The van der Waals surface area contributed by atoms with Crippen molar-refractivity contribution in [1.29, 1.82) is 0 Å². The fourth-order valence-electron chi connectivity index (χ4n) is 1.43. The predicted molar refractivity (Wildman–Crippen MR) is 49.7 cm³/mol. The van der Waals surface area contributed by atoms with Gasteiger partial charge in [0.05, 0.1) is 6.17 Å². The fourth-order valence-corrected chi connectivity index (χ4v) is 1.43. The lowest BCUT2D eigenvalue weighted by atomic mass is 10.1. The maximum atomic E-state index is 5.54. The SMILES string of the molecule is NCC1NCc2ccccc2N1. The molecule has 1 aromatic rings. The van der Waals surface area contributed by atoms with E-state index in [-0.39, 0.29) is 6.17 Å². The van der Waals surface area contributed by atoms with Crippen LogP contribution in [0.3, 0.4) is 0 Å². The zero-order valence-electron chi connectivity index (χ0n) is 6.88. The first-order chi connectivity index (χ1) is 5.90. The summed E-state index contributed by atoms with van der Waals surface area (Å²) in [6.07, 6.45) is 0.222. The zero-order valence-corrected chi connectivity index (χ0v) is 6.88. The first-order valence-corrected chi connectivity index (χ1v) is 4.18. The minimum absolute atomic E-state index is 0.222. The van der Waals surface area contributed by atoms with Gasteiger partial charge in [0.25, 0.3) is 0 Å². The van der Waals surface area contributed by atoms with E-state index in [1.54, 1.807) is 0 Å². The smallest absolute Gasteiger partial charge is 0.0896 e. The molecule has 1 aromatic carbocycles. The summed E-state index contributed by atoms with van der Waals surface area (Å²) in [7, 11) is 0. The number of para-hydroxylation sites is 1. The minimum atomic E-state index is 0.222. The van der Waals surface area contributed by atoms with E-state index in [4.69, 9.17) is 5.73 Å². The van der Waals surface area contributed by atoms with E-state index in [9.17, 15) is 0 Å². The van der Waals surface area contributed by atoms with E-state index in [1.165, 1.54) is 11.3 Å². The lowest BCUT2D eigenvalue weighted by molar-refractivity contribution is 0.549. The Morgan fingerprint density at radius 1 is 1.42 bits per heavy atom. The molecule has 1 aliphatic heterocycles. The first-order valence-electron chi connectivity index (χ1n) is 4.18. The Morgan fingerprint density at radius 2 is 2.25 bits per heavy atom. The van der Waals surface area contributed by atoms with Gasteiger partial charge in [0.1, 0.15) is 0 Å². The Morgan fingerprint density at radius 3 is 3.08 bits per heavy atom. The Balaban J connectivity index is 2.23. The van der Waals surface area contributed by atoms with Crippen LogP contribution in [0.2, 0.25) is 0 Å². The lowest BCUT2D eigenvalue weighted by Gasteiger charge is -2.27. The van der Waals surface area contributed by atoms with Crippen LogP contribution in [0.1, 0.15) is 5.56 Å². The average molecular weight is 163 g/mol. The van der Waals surface area contributed by atoms with Crippen molar-refractivity contribution in [2.24, 2.45) is 5.73 Å². The van der Waals surface area contributed by atoms with Gasteiger partial charge < -0.3 is 11.1 Å². The summed E-state index contributed by atoms with van der Waals surface area (Å²) < 4.78 is 0. The molecule has 0 aromatic heterocycles. The topological polar surface area (TPSA) is 50.1 Å². The molecule has 1 unspecified atom stereocenters. The standard InChI is InChI=1S/C9H13N3/c10-5-9-11-6-7-3-1-2-4-8(7)12-9/h1-4,9,11-12H,5-6,10H2. The van der Waals surface area contributed by atoms with Gasteiger partial charge in [-0.2, -0.15) is 0 Å². The zero-order chi connectivity index (χ0) is 8.39. The van der Waals surface area contributed by atoms with Crippen molar-refractivity contribution in [3.63, 3.8) is 0 Å². The molecule has 4 N–H and O–H groups in total. The lowest BCUT2D eigenvalue weighted by Crippen LogP contribution is -2.45. The van der Waals surface area contributed by atoms with Gasteiger partial charge >= 0.3 is 0 Å². The van der Waals surface area contributed by atoms with Crippen molar-refractivity contribution in [2.45, 2.75) is 12.7 Å². The molecule has 12 heavy (non-hydrogen) atoms. The van der Waals surface area contributed by atoms with E-state index in [2.05, 4.69) is 22.8 Å². The summed E-state index contributed by atoms with van der Waals surface area (Å²) in [5.41, 5.74) is 8.04. The molecule has 2 rings (SSSR count). The molecule has 64 valence electrons. The van der Waals surface area contributed by atoms with E-state index in [0.29, 0.717) is 6.54 Å². The maximum Gasteiger partial charge on any atom is 0.0896 e. The minimum Gasteiger partial charge on any atom is -0.368 e. The Labute approximate surface area is 72.0 Å². The molecule has 3 nitrogen and oxygen atoms in total. The molecule has 0 fully saturated rings. The third-order valence-corrected chi connectivity index (χ3v) is 2.12. The van der Waals surface area contributed by atoms with Crippen molar-refractivity contribution in [1.82, 2.24) is 5.32 Å². The summed E-state index contributed by atoms with van der Waals surface area (Å²) in [5.74, 6) is 0. The van der Waals surface area contributed by atoms with Crippen LogP contribution in [-0.2, 0) is 6.54 Å². The molecule has 1 aliphatic rings. The highest BCUT2D eigenvalue weighted by Crippen LogP contribution is 2.18. The Kier molecular flexibility index (Phi) is 1.98. The quantitative estimate of drug-likeness (QED) is 0.564. The summed E-state index contributed by atoms with van der Waals surface area (Å²) in [4.78, 5) is 0. The van der Waals surface area contributed by atoms with Crippen LogP contribution in [0.4, 0.5) is 5.69 Å². The van der Waals surface area contributed by atoms with Gasteiger partial charge in [0.2, 0.25) is 0 Å². The molecule has 0 spiro atoms. The molecule has 3 heteroatoms. The van der Waals surface area contributed by atoms with Gasteiger partial charge in [-0.1, -0.05) is 18.2 Å². The van der Waals surface area contributed by atoms with Crippen LogP contribution in [0.25, 0.3) is 0 Å². The van der Waals surface area contributed by atoms with Crippen molar-refractivity contribution >= 4 is 5.69 Å². The molecule has 0 bridgehead atoms. The summed E-state index contributed by atoms with van der Waals surface area (Å²) >= 11 is 0. The van der Waals surface area contributed by atoms with Crippen molar-refractivity contribution < 1.29 is 0 Å². The van der Waals surface area contributed by atoms with Gasteiger partial charge in [-0.3, -0.25) is 5.32 Å². The van der Waals surface area contributed by atoms with Crippen LogP contribution in [-0.4, -0.2) is 12.7 Å². The molecule has 1 heterocycles. The van der Waals surface area contributed by atoms with Crippen LogP contribution in [0.5, 0.6) is 0 Å². The summed E-state index contributed by atoms with van der Waals surface area (Å²) in [6, 6.07) is 8.27. The van der Waals surface area contributed by atoms with Crippen molar-refractivity contribution in [2.75, 3.05) is 11.9 Å². The predicted octanol–water partition coefficient (Wildman–Crippen LogP) is 0.486. The molecule has 0 radical (unpaired) electrons. The van der Waals surface area contributed by atoms with E-state index < -0.39 is 0 Å². The van der Waals surface area contributed by atoms with Gasteiger partial charge in [-0.15, -0.1) is 0 Å². The number of benzene rings is 1. The van der Waals surface area contributed by atoms with Gasteiger partial charge in [-0.25, -0.2) is 0 Å². The number of nitrogens with one attached hydrogen (secondary N) is 2. The van der Waals surface area contributed by atoms with Gasteiger partial charge in [0, 0.05) is 18.8 Å². The normalized spacial score (nSPS) is 21.2. The van der Waals surface area contributed by atoms with E-state index >= 15 is 0 Å².